The normalized spacial score (nSPS) is 14.3. The number of carbonyl (C=O) groups is 1. The lowest BCUT2D eigenvalue weighted by Gasteiger charge is -2.26. The molecule has 0 atom stereocenters. The molecule has 1 aliphatic heterocycles. The van der Waals surface area contributed by atoms with Gasteiger partial charge in [-0.15, -0.1) is 0 Å². The molecule has 1 aliphatic rings. The number of aromatic nitrogens is 4. The summed E-state index contributed by atoms with van der Waals surface area (Å²) < 4.78 is 27.2. The van der Waals surface area contributed by atoms with Gasteiger partial charge in [-0.2, -0.15) is 10.1 Å². The maximum atomic E-state index is 14.5. The number of nitrogens with one attached hydrogen (secondary N) is 1. The van der Waals surface area contributed by atoms with Gasteiger partial charge in [-0.3, -0.25) is 9.69 Å². The average Bonchev–Trinajstić information content (AvgIpc) is 3.11. The number of rotatable bonds is 7. The highest BCUT2D eigenvalue weighted by atomic mass is 19.1. The number of hydrogen-bond donors (Lipinski definition) is 1. The van der Waals surface area contributed by atoms with Crippen molar-refractivity contribution < 1.29 is 18.7 Å². The maximum Gasteiger partial charge on any atom is 0.253 e. The minimum atomic E-state index is -0.443. The summed E-state index contributed by atoms with van der Waals surface area (Å²) in [7, 11) is 0. The van der Waals surface area contributed by atoms with Crippen LogP contribution < -0.4 is 10.1 Å². The largest absolute Gasteiger partial charge is 0.492 e. The van der Waals surface area contributed by atoms with Crippen molar-refractivity contribution in [3.05, 3.63) is 47.5 Å². The van der Waals surface area contributed by atoms with Crippen molar-refractivity contribution in [2.45, 2.75) is 20.8 Å². The minimum Gasteiger partial charge on any atom is -0.492 e. The molecule has 10 heteroatoms. The number of halogens is 1. The molecule has 4 rings (SSSR count). The van der Waals surface area contributed by atoms with Crippen LogP contribution in [-0.2, 0) is 9.53 Å². The number of carbonyl (C=O) groups excluding carboxylic acids is 1. The number of aryl methyl sites for hydroxylation is 2. The summed E-state index contributed by atoms with van der Waals surface area (Å²) in [6.45, 7) is 9.47. The van der Waals surface area contributed by atoms with Gasteiger partial charge in [0.2, 0.25) is 5.91 Å². The molecule has 1 aromatic carbocycles. The fourth-order valence-electron chi connectivity index (χ4n) is 3.66. The zero-order valence-electron chi connectivity index (χ0n) is 19.0. The van der Waals surface area contributed by atoms with Crippen LogP contribution in [0.1, 0.15) is 18.3 Å². The highest BCUT2D eigenvalue weighted by molar-refractivity contribution is 5.88. The van der Waals surface area contributed by atoms with Crippen molar-refractivity contribution in [2.75, 3.05) is 44.8 Å². The van der Waals surface area contributed by atoms with Gasteiger partial charge in [0.05, 0.1) is 24.6 Å². The third-order valence-corrected chi connectivity index (χ3v) is 5.16. The SMILES string of the molecule is CC(=O)Nc1cc(-c2cc(F)cc(OCCN3CCOCC3)c2)nc(-n2nc(C)cc2C)n1. The molecule has 1 saturated heterocycles. The van der Waals surface area contributed by atoms with Gasteiger partial charge in [0.1, 0.15) is 24.0 Å². The second-order valence-electron chi connectivity index (χ2n) is 7.94. The molecular formula is C23H27FN6O3. The van der Waals surface area contributed by atoms with Crippen LogP contribution in [0.5, 0.6) is 5.75 Å². The fourth-order valence-corrected chi connectivity index (χ4v) is 3.66. The molecular weight excluding hydrogens is 427 g/mol. The van der Waals surface area contributed by atoms with Gasteiger partial charge in [-0.1, -0.05) is 0 Å². The van der Waals surface area contributed by atoms with Gasteiger partial charge in [-0.05, 0) is 32.0 Å². The molecule has 1 N–H and O–H groups in total. The first-order chi connectivity index (χ1) is 15.9. The smallest absolute Gasteiger partial charge is 0.253 e. The number of amides is 1. The zero-order valence-corrected chi connectivity index (χ0v) is 19.0. The lowest BCUT2D eigenvalue weighted by atomic mass is 10.1. The highest BCUT2D eigenvalue weighted by Crippen LogP contribution is 2.27. The molecule has 2 aromatic heterocycles. The summed E-state index contributed by atoms with van der Waals surface area (Å²) >= 11 is 0. The van der Waals surface area contributed by atoms with E-state index < -0.39 is 5.82 Å². The number of benzene rings is 1. The van der Waals surface area contributed by atoms with Crippen molar-refractivity contribution in [1.82, 2.24) is 24.6 Å². The Labute approximate surface area is 191 Å². The number of hydrogen-bond acceptors (Lipinski definition) is 7. The fraction of sp³-hybridized carbons (Fsp3) is 0.391. The molecule has 0 unspecified atom stereocenters. The van der Waals surface area contributed by atoms with Crippen molar-refractivity contribution in [2.24, 2.45) is 0 Å². The van der Waals surface area contributed by atoms with E-state index in [9.17, 15) is 9.18 Å². The number of anilines is 1. The standard InChI is InChI=1S/C23H27FN6O3/c1-15-10-16(2)30(28-15)23-26-21(14-22(27-23)25-17(3)31)18-11-19(24)13-20(12-18)33-9-6-29-4-7-32-8-5-29/h10-14H,4-9H2,1-3H3,(H,25,26,27,31). The number of ether oxygens (including phenoxy) is 2. The molecule has 0 saturated carbocycles. The molecule has 0 radical (unpaired) electrons. The van der Waals surface area contributed by atoms with E-state index in [0.717, 1.165) is 31.0 Å². The molecule has 174 valence electrons. The monoisotopic (exact) mass is 454 g/mol. The first kappa shape index (κ1) is 22.8. The van der Waals surface area contributed by atoms with Gasteiger partial charge in [0, 0.05) is 49.9 Å². The number of nitrogens with zero attached hydrogens (tertiary/aromatic N) is 5. The summed E-state index contributed by atoms with van der Waals surface area (Å²) in [5, 5.41) is 7.10. The first-order valence-electron chi connectivity index (χ1n) is 10.8. The van der Waals surface area contributed by atoms with Gasteiger partial charge in [0.15, 0.2) is 0 Å². The Kier molecular flexibility index (Phi) is 6.95. The van der Waals surface area contributed by atoms with Crippen molar-refractivity contribution in [1.29, 1.82) is 0 Å². The van der Waals surface area contributed by atoms with Crippen molar-refractivity contribution in [3.8, 4) is 23.0 Å². The van der Waals surface area contributed by atoms with Crippen LogP contribution in [0.3, 0.4) is 0 Å². The third-order valence-electron chi connectivity index (χ3n) is 5.16. The average molecular weight is 455 g/mol. The van der Waals surface area contributed by atoms with E-state index in [1.165, 1.54) is 19.1 Å². The molecule has 0 aliphatic carbocycles. The predicted molar refractivity (Wildman–Crippen MR) is 121 cm³/mol. The highest BCUT2D eigenvalue weighted by Gasteiger charge is 2.15. The van der Waals surface area contributed by atoms with Crippen LogP contribution in [0.2, 0.25) is 0 Å². The van der Waals surface area contributed by atoms with E-state index in [1.54, 1.807) is 16.8 Å². The second kappa shape index (κ2) is 10.1. The van der Waals surface area contributed by atoms with Crippen LogP contribution >= 0.6 is 0 Å². The molecule has 1 fully saturated rings. The lowest BCUT2D eigenvalue weighted by Crippen LogP contribution is -2.38. The molecule has 9 nitrogen and oxygen atoms in total. The summed E-state index contributed by atoms with van der Waals surface area (Å²) in [6.07, 6.45) is 0. The Morgan fingerprint density at radius 2 is 1.94 bits per heavy atom. The molecule has 1 amide bonds. The number of morpholine rings is 1. The van der Waals surface area contributed by atoms with Gasteiger partial charge in [0.25, 0.3) is 5.95 Å². The van der Waals surface area contributed by atoms with E-state index in [1.807, 2.05) is 19.9 Å². The third kappa shape index (κ3) is 5.91. The lowest BCUT2D eigenvalue weighted by molar-refractivity contribution is -0.114. The molecule has 33 heavy (non-hydrogen) atoms. The summed E-state index contributed by atoms with van der Waals surface area (Å²) in [4.78, 5) is 22.9. The van der Waals surface area contributed by atoms with Gasteiger partial charge in [-0.25, -0.2) is 14.1 Å². The van der Waals surface area contributed by atoms with Crippen LogP contribution in [0.15, 0.2) is 30.3 Å². The van der Waals surface area contributed by atoms with Crippen LogP contribution in [0.4, 0.5) is 10.2 Å². The van der Waals surface area contributed by atoms with Crippen LogP contribution in [-0.4, -0.2) is 70.0 Å². The zero-order chi connectivity index (χ0) is 23.4. The topological polar surface area (TPSA) is 94.4 Å². The summed E-state index contributed by atoms with van der Waals surface area (Å²) in [5.74, 6) is 0.271. The van der Waals surface area contributed by atoms with Crippen LogP contribution in [0.25, 0.3) is 17.2 Å². The van der Waals surface area contributed by atoms with E-state index in [2.05, 4.69) is 25.3 Å². The van der Waals surface area contributed by atoms with E-state index in [-0.39, 0.29) is 11.9 Å². The Bertz CT molecular complexity index is 1140. The van der Waals surface area contributed by atoms with E-state index in [4.69, 9.17) is 9.47 Å². The van der Waals surface area contributed by atoms with Crippen molar-refractivity contribution >= 4 is 11.7 Å². The molecule has 0 spiro atoms. The van der Waals surface area contributed by atoms with Crippen molar-refractivity contribution in [3.63, 3.8) is 0 Å². The Balaban J connectivity index is 1.62. The van der Waals surface area contributed by atoms with Crippen LogP contribution in [0, 0.1) is 19.7 Å². The Hall–Kier alpha value is -3.37. The molecule has 3 aromatic rings. The summed E-state index contributed by atoms with van der Waals surface area (Å²) in [6, 6.07) is 7.95. The van der Waals surface area contributed by atoms with E-state index >= 15 is 0 Å². The minimum absolute atomic E-state index is 0.273. The summed E-state index contributed by atoms with van der Waals surface area (Å²) in [5.41, 5.74) is 2.59. The quantitative estimate of drug-likeness (QED) is 0.587. The molecule has 0 bridgehead atoms. The van der Waals surface area contributed by atoms with Gasteiger partial charge >= 0.3 is 0 Å². The second-order valence-corrected chi connectivity index (χ2v) is 7.94. The molecule has 3 heterocycles. The van der Waals surface area contributed by atoms with Gasteiger partial charge < -0.3 is 14.8 Å². The Morgan fingerprint density at radius 1 is 1.15 bits per heavy atom. The van der Waals surface area contributed by atoms with E-state index in [0.29, 0.717) is 42.6 Å². The first-order valence-corrected chi connectivity index (χ1v) is 10.8. The Morgan fingerprint density at radius 3 is 2.64 bits per heavy atom. The maximum absolute atomic E-state index is 14.5. The predicted octanol–water partition coefficient (Wildman–Crippen LogP) is 2.75.